The van der Waals surface area contributed by atoms with Crippen LogP contribution in [-0.2, 0) is 6.61 Å². The van der Waals surface area contributed by atoms with E-state index in [1.165, 1.54) is 0 Å². The van der Waals surface area contributed by atoms with E-state index in [1.54, 1.807) is 12.4 Å². The second-order valence-corrected chi connectivity index (χ2v) is 6.69. The SMILES string of the molecule is C[C@@H](N)[C@@H]1CCCN(C(=O)c2cccc(OCc3cccnc3)c2)C1. The van der Waals surface area contributed by atoms with E-state index >= 15 is 0 Å². The molecule has 132 valence electrons. The Labute approximate surface area is 148 Å². The van der Waals surface area contributed by atoms with Crippen LogP contribution in [0.3, 0.4) is 0 Å². The molecule has 1 saturated heterocycles. The van der Waals surface area contributed by atoms with Crippen molar-refractivity contribution in [3.8, 4) is 5.75 Å². The third kappa shape index (κ3) is 4.57. The minimum absolute atomic E-state index is 0.0529. The van der Waals surface area contributed by atoms with Gasteiger partial charge in [0.05, 0.1) is 0 Å². The fourth-order valence-electron chi connectivity index (χ4n) is 3.18. The molecule has 5 nitrogen and oxygen atoms in total. The number of ether oxygens (including phenoxy) is 1. The van der Waals surface area contributed by atoms with Gasteiger partial charge in [-0.2, -0.15) is 0 Å². The molecule has 5 heteroatoms. The minimum Gasteiger partial charge on any atom is -0.489 e. The number of amides is 1. The summed E-state index contributed by atoms with van der Waals surface area (Å²) in [6.07, 6.45) is 5.61. The summed E-state index contributed by atoms with van der Waals surface area (Å²) in [6, 6.07) is 11.3. The molecule has 2 N–H and O–H groups in total. The number of carbonyl (C=O) groups excluding carboxylic acids is 1. The summed E-state index contributed by atoms with van der Waals surface area (Å²) < 4.78 is 5.80. The zero-order chi connectivity index (χ0) is 17.6. The highest BCUT2D eigenvalue weighted by molar-refractivity contribution is 5.94. The van der Waals surface area contributed by atoms with Crippen molar-refractivity contribution in [2.75, 3.05) is 13.1 Å². The molecule has 25 heavy (non-hydrogen) atoms. The van der Waals surface area contributed by atoms with E-state index in [0.717, 1.165) is 31.5 Å². The first-order valence-electron chi connectivity index (χ1n) is 8.80. The van der Waals surface area contributed by atoms with Gasteiger partial charge in [-0.05, 0) is 49.9 Å². The molecule has 2 atom stereocenters. The van der Waals surface area contributed by atoms with Gasteiger partial charge in [0, 0.05) is 42.7 Å². The minimum atomic E-state index is 0.0529. The monoisotopic (exact) mass is 339 g/mol. The molecule has 1 aromatic heterocycles. The van der Waals surface area contributed by atoms with Crippen LogP contribution in [0, 0.1) is 5.92 Å². The topological polar surface area (TPSA) is 68.5 Å². The molecule has 0 saturated carbocycles. The van der Waals surface area contributed by atoms with Crippen molar-refractivity contribution in [2.24, 2.45) is 11.7 Å². The lowest BCUT2D eigenvalue weighted by Crippen LogP contribution is -2.45. The van der Waals surface area contributed by atoms with Gasteiger partial charge in [0.2, 0.25) is 0 Å². The normalized spacial score (nSPS) is 18.6. The molecule has 0 unspecified atom stereocenters. The number of piperidine rings is 1. The van der Waals surface area contributed by atoms with Gasteiger partial charge in [-0.15, -0.1) is 0 Å². The van der Waals surface area contributed by atoms with E-state index in [0.29, 0.717) is 23.8 Å². The van der Waals surface area contributed by atoms with Gasteiger partial charge in [0.1, 0.15) is 12.4 Å². The Morgan fingerprint density at radius 2 is 2.28 bits per heavy atom. The first kappa shape index (κ1) is 17.4. The zero-order valence-corrected chi connectivity index (χ0v) is 14.6. The van der Waals surface area contributed by atoms with Crippen LogP contribution in [0.5, 0.6) is 5.75 Å². The average Bonchev–Trinajstić information content (AvgIpc) is 2.67. The van der Waals surface area contributed by atoms with Gasteiger partial charge in [-0.1, -0.05) is 12.1 Å². The predicted molar refractivity (Wildman–Crippen MR) is 97.3 cm³/mol. The van der Waals surface area contributed by atoms with Crippen molar-refractivity contribution in [1.29, 1.82) is 0 Å². The third-order valence-corrected chi connectivity index (χ3v) is 4.70. The molecule has 1 amide bonds. The van der Waals surface area contributed by atoms with Crippen LogP contribution < -0.4 is 10.5 Å². The van der Waals surface area contributed by atoms with E-state index in [9.17, 15) is 4.79 Å². The van der Waals surface area contributed by atoms with Gasteiger partial charge < -0.3 is 15.4 Å². The van der Waals surface area contributed by atoms with E-state index in [-0.39, 0.29) is 11.9 Å². The molecular weight excluding hydrogens is 314 g/mol. The molecule has 0 bridgehead atoms. The molecule has 2 aromatic rings. The van der Waals surface area contributed by atoms with Gasteiger partial charge >= 0.3 is 0 Å². The number of pyridine rings is 1. The molecular formula is C20H25N3O2. The number of carbonyl (C=O) groups is 1. The van der Waals surface area contributed by atoms with Crippen molar-refractivity contribution in [3.05, 3.63) is 59.9 Å². The van der Waals surface area contributed by atoms with E-state index in [2.05, 4.69) is 4.98 Å². The molecule has 0 aliphatic carbocycles. The lowest BCUT2D eigenvalue weighted by atomic mass is 9.92. The predicted octanol–water partition coefficient (Wildman–Crippen LogP) is 2.86. The fourth-order valence-corrected chi connectivity index (χ4v) is 3.18. The second kappa shape index (κ2) is 8.12. The van der Waals surface area contributed by atoms with Crippen LogP contribution in [0.1, 0.15) is 35.7 Å². The maximum Gasteiger partial charge on any atom is 0.253 e. The quantitative estimate of drug-likeness (QED) is 0.909. The van der Waals surface area contributed by atoms with Crippen LogP contribution in [0.15, 0.2) is 48.8 Å². The van der Waals surface area contributed by atoms with Crippen molar-refractivity contribution < 1.29 is 9.53 Å². The Bertz CT molecular complexity index is 703. The van der Waals surface area contributed by atoms with Crippen LogP contribution in [0.25, 0.3) is 0 Å². The maximum absolute atomic E-state index is 12.8. The van der Waals surface area contributed by atoms with Crippen molar-refractivity contribution in [1.82, 2.24) is 9.88 Å². The number of hydrogen-bond donors (Lipinski definition) is 1. The van der Waals surface area contributed by atoms with Crippen molar-refractivity contribution in [2.45, 2.75) is 32.4 Å². The summed E-state index contributed by atoms with van der Waals surface area (Å²) in [5, 5.41) is 0. The summed E-state index contributed by atoms with van der Waals surface area (Å²) in [5.74, 6) is 1.12. The summed E-state index contributed by atoms with van der Waals surface area (Å²) in [7, 11) is 0. The molecule has 2 heterocycles. The number of nitrogens with two attached hydrogens (primary N) is 1. The molecule has 1 aliphatic rings. The lowest BCUT2D eigenvalue weighted by molar-refractivity contribution is 0.0660. The highest BCUT2D eigenvalue weighted by Crippen LogP contribution is 2.22. The number of benzene rings is 1. The molecule has 1 aromatic carbocycles. The zero-order valence-electron chi connectivity index (χ0n) is 14.6. The third-order valence-electron chi connectivity index (χ3n) is 4.70. The molecule has 3 rings (SSSR count). The summed E-state index contributed by atoms with van der Waals surface area (Å²) >= 11 is 0. The molecule has 0 spiro atoms. The average molecular weight is 339 g/mol. The Kier molecular flexibility index (Phi) is 5.66. The summed E-state index contributed by atoms with van der Waals surface area (Å²) in [4.78, 5) is 18.8. The van der Waals surface area contributed by atoms with Gasteiger partial charge in [0.15, 0.2) is 0 Å². The molecule has 0 radical (unpaired) electrons. The number of aromatic nitrogens is 1. The Hall–Kier alpha value is -2.40. The Morgan fingerprint density at radius 1 is 1.40 bits per heavy atom. The number of rotatable bonds is 5. The maximum atomic E-state index is 12.8. The van der Waals surface area contributed by atoms with E-state index in [4.69, 9.17) is 10.5 Å². The smallest absolute Gasteiger partial charge is 0.253 e. The second-order valence-electron chi connectivity index (χ2n) is 6.69. The molecule has 1 fully saturated rings. The molecule has 1 aliphatic heterocycles. The Morgan fingerprint density at radius 3 is 3.04 bits per heavy atom. The fraction of sp³-hybridized carbons (Fsp3) is 0.400. The first-order chi connectivity index (χ1) is 12.1. The van der Waals surface area contributed by atoms with Crippen molar-refractivity contribution >= 4 is 5.91 Å². The highest BCUT2D eigenvalue weighted by Gasteiger charge is 2.26. The lowest BCUT2D eigenvalue weighted by Gasteiger charge is -2.34. The van der Waals surface area contributed by atoms with E-state index in [1.807, 2.05) is 48.2 Å². The van der Waals surface area contributed by atoms with Gasteiger partial charge in [-0.3, -0.25) is 9.78 Å². The van der Waals surface area contributed by atoms with Crippen LogP contribution in [-0.4, -0.2) is 34.9 Å². The van der Waals surface area contributed by atoms with E-state index < -0.39 is 0 Å². The standard InChI is InChI=1S/C20H25N3O2/c1-15(21)18-7-4-10-23(13-18)20(24)17-6-2-8-19(11-17)25-14-16-5-3-9-22-12-16/h2-3,5-6,8-9,11-12,15,18H,4,7,10,13-14,21H2,1H3/t15-,18-/m1/s1. The van der Waals surface area contributed by atoms with Crippen LogP contribution in [0.4, 0.5) is 0 Å². The Balaban J connectivity index is 1.65. The number of hydrogen-bond acceptors (Lipinski definition) is 4. The first-order valence-corrected chi connectivity index (χ1v) is 8.80. The highest BCUT2D eigenvalue weighted by atomic mass is 16.5. The number of nitrogens with zero attached hydrogens (tertiary/aromatic N) is 2. The van der Waals surface area contributed by atoms with Crippen LogP contribution >= 0.6 is 0 Å². The van der Waals surface area contributed by atoms with Gasteiger partial charge in [-0.25, -0.2) is 0 Å². The van der Waals surface area contributed by atoms with Crippen molar-refractivity contribution in [3.63, 3.8) is 0 Å². The summed E-state index contributed by atoms with van der Waals surface area (Å²) in [6.45, 7) is 3.98. The largest absolute Gasteiger partial charge is 0.489 e. The van der Waals surface area contributed by atoms with Gasteiger partial charge in [0.25, 0.3) is 5.91 Å². The summed E-state index contributed by atoms with van der Waals surface area (Å²) in [5.41, 5.74) is 7.68. The van der Waals surface area contributed by atoms with Crippen LogP contribution in [0.2, 0.25) is 0 Å². The number of likely N-dealkylation sites (tertiary alicyclic amines) is 1.